The maximum Gasteiger partial charge on any atom is 0.169 e. The second kappa shape index (κ2) is 5.77. The van der Waals surface area contributed by atoms with Crippen molar-refractivity contribution in [3.63, 3.8) is 0 Å². The van der Waals surface area contributed by atoms with Crippen molar-refractivity contribution in [1.29, 1.82) is 0 Å². The van der Waals surface area contributed by atoms with Crippen LogP contribution in [0.25, 0.3) is 0 Å². The van der Waals surface area contributed by atoms with Crippen LogP contribution in [0.1, 0.15) is 11.4 Å². The van der Waals surface area contributed by atoms with Crippen LogP contribution in [0.2, 0.25) is 5.02 Å². The summed E-state index contributed by atoms with van der Waals surface area (Å²) in [5, 5.41) is 16.6. The molecule has 1 aliphatic rings. The smallest absolute Gasteiger partial charge is 0.169 e. The molecule has 1 aromatic rings. The van der Waals surface area contributed by atoms with Crippen molar-refractivity contribution < 1.29 is 9.94 Å². The van der Waals surface area contributed by atoms with E-state index in [2.05, 4.69) is 15.2 Å². The summed E-state index contributed by atoms with van der Waals surface area (Å²) >= 11 is 6.23. The number of halogens is 1. The molecule has 8 heteroatoms. The molecule has 2 rings (SSSR count). The molecular weight excluding hydrogens is 270 g/mol. The second-order valence-electron chi connectivity index (χ2n) is 4.59. The van der Waals surface area contributed by atoms with Crippen LogP contribution in [0, 0.1) is 6.92 Å². The molecular formula is C11H18ClN5O2. The number of amidine groups is 1. The maximum atomic E-state index is 8.68. The van der Waals surface area contributed by atoms with E-state index in [1.54, 1.807) is 4.68 Å². The first kappa shape index (κ1) is 14.1. The average Bonchev–Trinajstić information content (AvgIpc) is 2.65. The zero-order valence-corrected chi connectivity index (χ0v) is 11.8. The molecule has 0 aromatic carbocycles. The van der Waals surface area contributed by atoms with Gasteiger partial charge >= 0.3 is 0 Å². The zero-order chi connectivity index (χ0) is 14.0. The summed E-state index contributed by atoms with van der Waals surface area (Å²) < 4.78 is 7.23. The Hall–Kier alpha value is -1.31. The van der Waals surface area contributed by atoms with Gasteiger partial charge in [0.1, 0.15) is 6.10 Å². The molecule has 1 saturated heterocycles. The zero-order valence-electron chi connectivity index (χ0n) is 11.0. The molecule has 3 N–H and O–H groups in total. The minimum Gasteiger partial charge on any atom is -0.409 e. The van der Waals surface area contributed by atoms with E-state index in [1.807, 2.05) is 14.0 Å². The quantitative estimate of drug-likeness (QED) is 0.362. The molecule has 1 atom stereocenters. The first-order valence-corrected chi connectivity index (χ1v) is 6.40. The van der Waals surface area contributed by atoms with Gasteiger partial charge < -0.3 is 15.7 Å². The van der Waals surface area contributed by atoms with Gasteiger partial charge in [-0.2, -0.15) is 5.10 Å². The van der Waals surface area contributed by atoms with E-state index < -0.39 is 0 Å². The SMILES string of the molecule is Cc1nn(C)c(CN2CCOC(C(N)=NO)C2)c1Cl. The van der Waals surface area contributed by atoms with Crippen molar-refractivity contribution in [2.45, 2.75) is 19.6 Å². The third-order valence-electron chi connectivity index (χ3n) is 3.23. The molecule has 0 radical (unpaired) electrons. The number of nitrogens with zero attached hydrogens (tertiary/aromatic N) is 4. The Kier molecular flexibility index (Phi) is 4.28. The van der Waals surface area contributed by atoms with Gasteiger partial charge in [0.15, 0.2) is 5.84 Å². The van der Waals surface area contributed by atoms with E-state index in [0.29, 0.717) is 24.7 Å². The predicted octanol–water partition coefficient (Wildman–Crippen LogP) is 0.329. The summed E-state index contributed by atoms with van der Waals surface area (Å²) in [6.45, 7) is 4.42. The van der Waals surface area contributed by atoms with E-state index in [-0.39, 0.29) is 11.9 Å². The van der Waals surface area contributed by atoms with Gasteiger partial charge in [-0.05, 0) is 6.92 Å². The van der Waals surface area contributed by atoms with E-state index in [1.165, 1.54) is 0 Å². The number of morpholine rings is 1. The fourth-order valence-electron chi connectivity index (χ4n) is 2.15. The number of ether oxygens (including phenoxy) is 1. The van der Waals surface area contributed by atoms with Gasteiger partial charge in [-0.3, -0.25) is 9.58 Å². The number of aryl methyl sites for hydroxylation is 2. The fourth-order valence-corrected chi connectivity index (χ4v) is 2.37. The van der Waals surface area contributed by atoms with E-state index in [0.717, 1.165) is 17.9 Å². The second-order valence-corrected chi connectivity index (χ2v) is 4.97. The number of hydrogen-bond acceptors (Lipinski definition) is 5. The topological polar surface area (TPSA) is 88.9 Å². The Labute approximate surface area is 116 Å². The van der Waals surface area contributed by atoms with Gasteiger partial charge in [-0.25, -0.2) is 0 Å². The minimum absolute atomic E-state index is 0.0944. The number of rotatable bonds is 3. The lowest BCUT2D eigenvalue weighted by Crippen LogP contribution is -2.48. The van der Waals surface area contributed by atoms with Crippen LogP contribution in [-0.2, 0) is 18.3 Å². The van der Waals surface area contributed by atoms with Gasteiger partial charge in [-0.15, -0.1) is 0 Å². The van der Waals surface area contributed by atoms with Crippen molar-refractivity contribution in [1.82, 2.24) is 14.7 Å². The lowest BCUT2D eigenvalue weighted by atomic mass is 10.2. The molecule has 19 heavy (non-hydrogen) atoms. The lowest BCUT2D eigenvalue weighted by molar-refractivity contribution is 0.000599. The highest BCUT2D eigenvalue weighted by atomic mass is 35.5. The number of nitrogens with two attached hydrogens (primary N) is 1. The summed E-state index contributed by atoms with van der Waals surface area (Å²) in [5.74, 6) is 0.0944. The lowest BCUT2D eigenvalue weighted by Gasteiger charge is -2.32. The molecule has 1 fully saturated rings. The first-order valence-electron chi connectivity index (χ1n) is 6.02. The van der Waals surface area contributed by atoms with Crippen molar-refractivity contribution in [2.75, 3.05) is 19.7 Å². The molecule has 0 bridgehead atoms. The van der Waals surface area contributed by atoms with Crippen LogP contribution in [0.15, 0.2) is 5.16 Å². The predicted molar refractivity (Wildman–Crippen MR) is 71.4 cm³/mol. The number of aromatic nitrogens is 2. The van der Waals surface area contributed by atoms with Gasteiger partial charge in [0, 0.05) is 26.7 Å². The molecule has 1 aliphatic heterocycles. The Bertz CT molecular complexity index is 488. The summed E-state index contributed by atoms with van der Waals surface area (Å²) in [6, 6.07) is 0. The van der Waals surface area contributed by atoms with Crippen LogP contribution in [0.3, 0.4) is 0 Å². The van der Waals surface area contributed by atoms with Crippen molar-refractivity contribution in [3.05, 3.63) is 16.4 Å². The molecule has 106 valence electrons. The summed E-state index contributed by atoms with van der Waals surface area (Å²) in [7, 11) is 1.87. The Morgan fingerprint density at radius 1 is 1.68 bits per heavy atom. The van der Waals surface area contributed by atoms with Crippen molar-refractivity contribution in [3.8, 4) is 0 Å². The third-order valence-corrected chi connectivity index (χ3v) is 3.72. The van der Waals surface area contributed by atoms with Gasteiger partial charge in [0.05, 0.1) is 23.0 Å². The Morgan fingerprint density at radius 2 is 2.42 bits per heavy atom. The van der Waals surface area contributed by atoms with Crippen LogP contribution in [0.4, 0.5) is 0 Å². The van der Waals surface area contributed by atoms with Crippen molar-refractivity contribution in [2.24, 2.45) is 17.9 Å². The maximum absolute atomic E-state index is 8.68. The molecule has 0 amide bonds. The summed E-state index contributed by atoms with van der Waals surface area (Å²) in [5.41, 5.74) is 7.35. The van der Waals surface area contributed by atoms with Crippen LogP contribution in [-0.4, -0.2) is 51.5 Å². The molecule has 1 aromatic heterocycles. The average molecular weight is 288 g/mol. The number of oxime groups is 1. The molecule has 0 spiro atoms. The Morgan fingerprint density at radius 3 is 3.00 bits per heavy atom. The van der Waals surface area contributed by atoms with Crippen LogP contribution in [0.5, 0.6) is 0 Å². The van der Waals surface area contributed by atoms with Gasteiger partial charge in [-0.1, -0.05) is 16.8 Å². The fraction of sp³-hybridized carbons (Fsp3) is 0.636. The highest BCUT2D eigenvalue weighted by Crippen LogP contribution is 2.21. The van der Waals surface area contributed by atoms with E-state index in [4.69, 9.17) is 27.3 Å². The Balaban J connectivity index is 2.07. The highest BCUT2D eigenvalue weighted by Gasteiger charge is 2.25. The molecule has 7 nitrogen and oxygen atoms in total. The molecule has 1 unspecified atom stereocenters. The van der Waals surface area contributed by atoms with Gasteiger partial charge in [0.25, 0.3) is 0 Å². The normalized spacial score (nSPS) is 21.8. The van der Waals surface area contributed by atoms with Gasteiger partial charge in [0.2, 0.25) is 0 Å². The largest absolute Gasteiger partial charge is 0.409 e. The molecule has 0 saturated carbocycles. The first-order chi connectivity index (χ1) is 9.02. The third kappa shape index (κ3) is 2.99. The van der Waals surface area contributed by atoms with E-state index >= 15 is 0 Å². The van der Waals surface area contributed by atoms with Crippen LogP contribution < -0.4 is 5.73 Å². The number of hydrogen-bond donors (Lipinski definition) is 2. The summed E-state index contributed by atoms with van der Waals surface area (Å²) in [6.07, 6.45) is -0.383. The van der Waals surface area contributed by atoms with E-state index in [9.17, 15) is 0 Å². The standard InChI is InChI=1S/C11H18ClN5O2/c1-7-10(12)8(16(2)14-7)5-17-3-4-19-9(6-17)11(13)15-18/h9,18H,3-6H2,1-2H3,(H2,13,15). The summed E-state index contributed by atoms with van der Waals surface area (Å²) in [4.78, 5) is 2.15. The minimum atomic E-state index is -0.383. The van der Waals surface area contributed by atoms with Crippen LogP contribution >= 0.6 is 11.6 Å². The van der Waals surface area contributed by atoms with Crippen molar-refractivity contribution >= 4 is 17.4 Å². The highest BCUT2D eigenvalue weighted by molar-refractivity contribution is 6.31. The molecule has 0 aliphatic carbocycles. The molecule has 2 heterocycles. The monoisotopic (exact) mass is 287 g/mol.